The van der Waals surface area contributed by atoms with Gasteiger partial charge in [-0.2, -0.15) is 0 Å². The molecule has 2 N–H and O–H groups in total. The summed E-state index contributed by atoms with van der Waals surface area (Å²) in [6, 6.07) is 0.728. The number of thiazole rings is 1. The number of aromatic nitrogens is 1. The van der Waals surface area contributed by atoms with Crippen LogP contribution in [0, 0.1) is 5.92 Å². The van der Waals surface area contributed by atoms with Gasteiger partial charge < -0.3 is 10.4 Å². The molecule has 16 heavy (non-hydrogen) atoms. The molecule has 1 aliphatic carbocycles. The zero-order valence-corrected chi connectivity index (χ0v) is 10.8. The Morgan fingerprint density at radius 2 is 2.25 bits per heavy atom. The zero-order chi connectivity index (χ0) is 11.5. The molecule has 1 heterocycles. The van der Waals surface area contributed by atoms with Crippen LogP contribution in [0.15, 0.2) is 0 Å². The summed E-state index contributed by atoms with van der Waals surface area (Å²) < 4.78 is 0. The van der Waals surface area contributed by atoms with Crippen LogP contribution in [0.1, 0.15) is 42.3 Å². The van der Waals surface area contributed by atoms with E-state index in [0.717, 1.165) is 24.0 Å². The van der Waals surface area contributed by atoms with Gasteiger partial charge in [-0.25, -0.2) is 4.98 Å². The summed E-state index contributed by atoms with van der Waals surface area (Å²) in [6.45, 7) is 5.40. The van der Waals surface area contributed by atoms with Crippen LogP contribution in [0.25, 0.3) is 0 Å². The van der Waals surface area contributed by atoms with Gasteiger partial charge in [0.05, 0.1) is 12.3 Å². The minimum atomic E-state index is 0.0686. The van der Waals surface area contributed by atoms with Crippen LogP contribution in [0.5, 0.6) is 0 Å². The van der Waals surface area contributed by atoms with Gasteiger partial charge >= 0.3 is 0 Å². The number of hydrogen-bond acceptors (Lipinski definition) is 4. The van der Waals surface area contributed by atoms with Gasteiger partial charge in [0, 0.05) is 17.5 Å². The Labute approximate surface area is 101 Å². The molecule has 0 spiro atoms. The largest absolute Gasteiger partial charge is 0.389 e. The van der Waals surface area contributed by atoms with Gasteiger partial charge in [0.15, 0.2) is 0 Å². The van der Waals surface area contributed by atoms with E-state index in [1.165, 1.54) is 23.4 Å². The lowest BCUT2D eigenvalue weighted by Crippen LogP contribution is -2.15. The van der Waals surface area contributed by atoms with E-state index >= 15 is 0 Å². The van der Waals surface area contributed by atoms with Gasteiger partial charge in [0.1, 0.15) is 5.01 Å². The van der Waals surface area contributed by atoms with Gasteiger partial charge in [-0.1, -0.05) is 13.8 Å². The Balaban J connectivity index is 2.02. The molecule has 1 aliphatic rings. The van der Waals surface area contributed by atoms with Crippen LogP contribution in [0.2, 0.25) is 0 Å². The maximum atomic E-state index is 9.13. The summed E-state index contributed by atoms with van der Waals surface area (Å²) in [6.07, 6.45) is 3.63. The molecule has 90 valence electrons. The highest BCUT2D eigenvalue weighted by atomic mass is 32.1. The third kappa shape index (κ3) is 3.27. The molecule has 0 amide bonds. The number of aliphatic hydroxyl groups excluding tert-OH is 1. The molecule has 0 atom stereocenters. The molecule has 0 aromatic carbocycles. The number of rotatable bonds is 6. The topological polar surface area (TPSA) is 45.2 Å². The third-order valence-corrected chi connectivity index (χ3v) is 3.77. The van der Waals surface area contributed by atoms with Crippen molar-refractivity contribution in [2.75, 3.05) is 0 Å². The number of nitrogens with zero attached hydrogens (tertiary/aromatic N) is 1. The Bertz CT molecular complexity index is 345. The van der Waals surface area contributed by atoms with Gasteiger partial charge in [-0.05, 0) is 25.2 Å². The van der Waals surface area contributed by atoms with E-state index in [-0.39, 0.29) is 6.61 Å². The summed E-state index contributed by atoms with van der Waals surface area (Å²) in [4.78, 5) is 5.81. The molecule has 0 unspecified atom stereocenters. The lowest BCUT2D eigenvalue weighted by atomic mass is 10.1. The van der Waals surface area contributed by atoms with Gasteiger partial charge in [0.25, 0.3) is 0 Å². The molecule has 1 saturated carbocycles. The lowest BCUT2D eigenvalue weighted by Gasteiger charge is -2.05. The first-order valence-corrected chi connectivity index (χ1v) is 6.82. The van der Waals surface area contributed by atoms with E-state index in [1.807, 2.05) is 0 Å². The van der Waals surface area contributed by atoms with E-state index in [2.05, 4.69) is 24.1 Å². The van der Waals surface area contributed by atoms with Crippen molar-refractivity contribution in [3.63, 3.8) is 0 Å². The molecule has 0 bridgehead atoms. The van der Waals surface area contributed by atoms with Gasteiger partial charge in [-0.3, -0.25) is 0 Å². The van der Waals surface area contributed by atoms with Gasteiger partial charge in [-0.15, -0.1) is 11.3 Å². The van der Waals surface area contributed by atoms with Crippen molar-refractivity contribution in [2.45, 2.75) is 52.3 Å². The number of hydrogen-bond donors (Lipinski definition) is 2. The molecule has 1 aromatic rings. The highest BCUT2D eigenvalue weighted by Gasteiger charge is 2.21. The normalized spacial score (nSPS) is 16.0. The van der Waals surface area contributed by atoms with Gasteiger partial charge in [0.2, 0.25) is 0 Å². The molecule has 0 saturated heterocycles. The lowest BCUT2D eigenvalue weighted by molar-refractivity contribution is 0.281. The minimum absolute atomic E-state index is 0.0686. The van der Waals surface area contributed by atoms with Crippen molar-refractivity contribution in [1.29, 1.82) is 0 Å². The maximum Gasteiger partial charge on any atom is 0.119 e. The quantitative estimate of drug-likeness (QED) is 0.800. The fourth-order valence-electron chi connectivity index (χ4n) is 1.71. The maximum absolute atomic E-state index is 9.13. The predicted molar refractivity (Wildman–Crippen MR) is 66.4 cm³/mol. The van der Waals surface area contributed by atoms with E-state index in [9.17, 15) is 0 Å². The second-order valence-electron chi connectivity index (χ2n) is 4.89. The summed E-state index contributed by atoms with van der Waals surface area (Å²) in [5.74, 6) is 0.619. The summed E-state index contributed by atoms with van der Waals surface area (Å²) >= 11 is 1.65. The van der Waals surface area contributed by atoms with E-state index < -0.39 is 0 Å². The van der Waals surface area contributed by atoms with Crippen molar-refractivity contribution in [2.24, 2.45) is 5.92 Å². The molecule has 0 aliphatic heterocycles. The Kier molecular flexibility index (Phi) is 3.95. The summed E-state index contributed by atoms with van der Waals surface area (Å²) in [5, 5.41) is 13.5. The minimum Gasteiger partial charge on any atom is -0.389 e. The van der Waals surface area contributed by atoms with Crippen molar-refractivity contribution in [3.05, 3.63) is 15.6 Å². The van der Waals surface area contributed by atoms with Crippen LogP contribution < -0.4 is 5.32 Å². The van der Waals surface area contributed by atoms with Crippen LogP contribution in [-0.2, 0) is 19.6 Å². The SMILES string of the molecule is CC(C)Cc1nc(CO)sc1CNC1CC1. The monoisotopic (exact) mass is 240 g/mol. The molecular weight excluding hydrogens is 220 g/mol. The number of aliphatic hydroxyl groups is 1. The standard InChI is InChI=1S/C12H20N2OS/c1-8(2)5-10-11(6-13-9-3-4-9)16-12(7-15)14-10/h8-9,13,15H,3-7H2,1-2H3. The second kappa shape index (κ2) is 5.25. The predicted octanol–water partition coefficient (Wildman–Crippen LogP) is 2.09. The smallest absolute Gasteiger partial charge is 0.119 e. The van der Waals surface area contributed by atoms with Crippen molar-refractivity contribution in [3.8, 4) is 0 Å². The Morgan fingerprint density at radius 1 is 1.50 bits per heavy atom. The van der Waals surface area contributed by atoms with Crippen molar-refractivity contribution >= 4 is 11.3 Å². The van der Waals surface area contributed by atoms with E-state index in [4.69, 9.17) is 5.11 Å². The first kappa shape index (κ1) is 12.0. The molecule has 1 aromatic heterocycles. The van der Waals surface area contributed by atoms with E-state index in [0.29, 0.717) is 5.92 Å². The average molecular weight is 240 g/mol. The molecule has 3 nitrogen and oxygen atoms in total. The fraction of sp³-hybridized carbons (Fsp3) is 0.750. The zero-order valence-electron chi connectivity index (χ0n) is 9.99. The van der Waals surface area contributed by atoms with E-state index in [1.54, 1.807) is 11.3 Å². The Hall–Kier alpha value is -0.450. The number of nitrogens with one attached hydrogen (secondary N) is 1. The molecular formula is C12H20N2OS. The van der Waals surface area contributed by atoms with Crippen molar-refractivity contribution in [1.82, 2.24) is 10.3 Å². The molecule has 4 heteroatoms. The van der Waals surface area contributed by atoms with Crippen LogP contribution in [0.3, 0.4) is 0 Å². The van der Waals surface area contributed by atoms with Crippen LogP contribution >= 0.6 is 11.3 Å². The average Bonchev–Trinajstić information content (AvgIpc) is 2.98. The van der Waals surface area contributed by atoms with Crippen LogP contribution in [0.4, 0.5) is 0 Å². The first-order valence-electron chi connectivity index (χ1n) is 6.00. The second-order valence-corrected chi connectivity index (χ2v) is 6.06. The Morgan fingerprint density at radius 3 is 2.81 bits per heavy atom. The van der Waals surface area contributed by atoms with Crippen molar-refractivity contribution < 1.29 is 5.11 Å². The summed E-state index contributed by atoms with van der Waals surface area (Å²) in [7, 11) is 0. The summed E-state index contributed by atoms with van der Waals surface area (Å²) in [5.41, 5.74) is 1.18. The highest BCUT2D eigenvalue weighted by molar-refractivity contribution is 7.11. The fourth-order valence-corrected chi connectivity index (χ4v) is 2.62. The third-order valence-electron chi connectivity index (χ3n) is 2.69. The first-order chi connectivity index (χ1) is 7.69. The highest BCUT2D eigenvalue weighted by Crippen LogP contribution is 2.24. The molecule has 1 fully saturated rings. The van der Waals surface area contributed by atoms with Crippen LogP contribution in [-0.4, -0.2) is 16.1 Å². The molecule has 0 radical (unpaired) electrons. The molecule has 2 rings (SSSR count).